The molecule has 0 aromatic heterocycles. The Bertz CT molecular complexity index is 2230. The molecule has 6 bridgehead atoms. The molecule has 0 heterocycles. The highest BCUT2D eigenvalue weighted by molar-refractivity contribution is 6.14. The van der Waals surface area contributed by atoms with Gasteiger partial charge in [0.1, 0.15) is 5.76 Å². The Kier molecular flexibility index (Phi) is 8.22. The van der Waals surface area contributed by atoms with Crippen LogP contribution in [0.15, 0.2) is 101 Å². The summed E-state index contributed by atoms with van der Waals surface area (Å²) in [5.74, 6) is 0.442. The molecule has 0 spiro atoms. The SMILES string of the molecule is C=C(C)C(=O)OC1=C2CC(=C1C1=C3CC4=C1CCCCCCCCCCCCCCc1cccc5cc3c4cc15)c1cc3ccccc3cc12. The quantitative estimate of drug-likeness (QED) is 0.162. The van der Waals surface area contributed by atoms with Crippen LogP contribution in [0.4, 0.5) is 0 Å². The summed E-state index contributed by atoms with van der Waals surface area (Å²) in [7, 11) is 0. The van der Waals surface area contributed by atoms with E-state index >= 15 is 0 Å². The molecule has 0 unspecified atom stereocenters. The average molecular weight is 657 g/mol. The van der Waals surface area contributed by atoms with Crippen LogP contribution in [0.25, 0.3) is 43.8 Å². The molecule has 5 aliphatic rings. The highest BCUT2D eigenvalue weighted by Crippen LogP contribution is 2.62. The predicted octanol–water partition coefficient (Wildman–Crippen LogP) is 13.2. The molecule has 4 aromatic carbocycles. The van der Waals surface area contributed by atoms with Gasteiger partial charge in [-0.15, -0.1) is 0 Å². The second kappa shape index (κ2) is 13.0. The van der Waals surface area contributed by atoms with E-state index in [-0.39, 0.29) is 5.97 Å². The Hall–Kier alpha value is -4.43. The number of benzene rings is 4. The van der Waals surface area contributed by atoms with Crippen molar-refractivity contribution in [3.8, 4) is 0 Å². The molecule has 0 amide bonds. The smallest absolute Gasteiger partial charge is 0.338 e. The van der Waals surface area contributed by atoms with Crippen molar-refractivity contribution in [2.45, 2.75) is 110 Å². The van der Waals surface area contributed by atoms with E-state index in [0.717, 1.165) is 37.0 Å². The van der Waals surface area contributed by atoms with Crippen LogP contribution >= 0.6 is 0 Å². The van der Waals surface area contributed by atoms with Crippen LogP contribution in [-0.4, -0.2) is 5.97 Å². The van der Waals surface area contributed by atoms with Gasteiger partial charge in [-0.3, -0.25) is 0 Å². The minimum atomic E-state index is -0.331. The fraction of sp³-hybridized carbons (Fsp3) is 0.354. The van der Waals surface area contributed by atoms with Crippen molar-refractivity contribution < 1.29 is 9.53 Å². The summed E-state index contributed by atoms with van der Waals surface area (Å²) < 4.78 is 6.39. The Balaban J connectivity index is 1.20. The van der Waals surface area contributed by atoms with E-state index in [1.54, 1.807) is 6.92 Å². The topological polar surface area (TPSA) is 26.3 Å². The first-order valence-corrected chi connectivity index (χ1v) is 19.5. The summed E-state index contributed by atoms with van der Waals surface area (Å²) in [5, 5.41) is 5.26. The molecule has 50 heavy (non-hydrogen) atoms. The summed E-state index contributed by atoms with van der Waals surface area (Å²) in [4.78, 5) is 13.3. The standard InChI is InChI=1S/C48H48O2/c1-30(2)48(49)50-47-44-29-43(37-24-32-19-15-16-20-33(32)25-39(37)44)46(47)45-35-23-14-12-10-8-6-4-3-5-7-9-11-13-18-31-21-17-22-34-26-38-41(27-36(31)34)40(35)28-42(38)45/h15-17,19-22,24-27H,1,3-14,18,23,28-29H2,2H3. The van der Waals surface area contributed by atoms with Gasteiger partial charge in [-0.05, 0) is 141 Å². The van der Waals surface area contributed by atoms with Gasteiger partial charge in [0.2, 0.25) is 0 Å². The van der Waals surface area contributed by atoms with E-state index in [2.05, 4.69) is 73.3 Å². The molecule has 0 saturated heterocycles. The van der Waals surface area contributed by atoms with Crippen LogP contribution in [0.5, 0.6) is 0 Å². The molecule has 2 nitrogen and oxygen atoms in total. The van der Waals surface area contributed by atoms with Crippen LogP contribution in [0.1, 0.15) is 131 Å². The lowest BCUT2D eigenvalue weighted by Crippen LogP contribution is -2.12. The highest BCUT2D eigenvalue weighted by atomic mass is 16.5. The predicted molar refractivity (Wildman–Crippen MR) is 209 cm³/mol. The molecule has 0 atom stereocenters. The van der Waals surface area contributed by atoms with Crippen LogP contribution in [0.2, 0.25) is 0 Å². The molecule has 0 radical (unpaired) electrons. The number of carbonyl (C=O) groups excluding carboxylic acids is 1. The van der Waals surface area contributed by atoms with Crippen LogP contribution in [0.3, 0.4) is 0 Å². The molecule has 0 saturated carbocycles. The van der Waals surface area contributed by atoms with Gasteiger partial charge in [0.15, 0.2) is 0 Å². The van der Waals surface area contributed by atoms with Crippen molar-refractivity contribution in [2.75, 3.05) is 0 Å². The van der Waals surface area contributed by atoms with Gasteiger partial charge in [-0.1, -0.05) is 113 Å². The third-order valence-electron chi connectivity index (χ3n) is 12.2. The lowest BCUT2D eigenvalue weighted by atomic mass is 9.81. The number of hydrogen-bond donors (Lipinski definition) is 0. The number of aryl methyl sites for hydroxylation is 1. The van der Waals surface area contributed by atoms with Gasteiger partial charge in [0.25, 0.3) is 0 Å². The zero-order valence-corrected chi connectivity index (χ0v) is 29.7. The Morgan fingerprint density at radius 3 is 1.72 bits per heavy atom. The lowest BCUT2D eigenvalue weighted by Gasteiger charge is -2.25. The average Bonchev–Trinajstić information content (AvgIpc) is 3.88. The number of hydrogen-bond acceptors (Lipinski definition) is 2. The molecule has 0 fully saturated rings. The molecule has 9 rings (SSSR count). The first kappa shape index (κ1) is 31.5. The third-order valence-corrected chi connectivity index (χ3v) is 12.2. The monoisotopic (exact) mass is 656 g/mol. The molecule has 2 heteroatoms. The minimum absolute atomic E-state index is 0.331. The van der Waals surface area contributed by atoms with Crippen molar-refractivity contribution >= 4 is 49.8 Å². The maximum Gasteiger partial charge on any atom is 0.338 e. The van der Waals surface area contributed by atoms with Gasteiger partial charge in [0.05, 0.1) is 0 Å². The molecule has 5 aliphatic carbocycles. The Labute approximate surface area is 297 Å². The zero-order chi connectivity index (χ0) is 33.8. The number of fused-ring (bicyclic) bond motifs is 8. The van der Waals surface area contributed by atoms with Crippen LogP contribution < -0.4 is 0 Å². The maximum atomic E-state index is 13.3. The van der Waals surface area contributed by atoms with E-state index in [9.17, 15) is 4.79 Å². The van der Waals surface area contributed by atoms with E-state index in [1.807, 2.05) is 0 Å². The Morgan fingerprint density at radius 1 is 0.540 bits per heavy atom. The lowest BCUT2D eigenvalue weighted by molar-refractivity contribution is -0.134. The third kappa shape index (κ3) is 5.34. The van der Waals surface area contributed by atoms with E-state index in [1.165, 1.54) is 160 Å². The van der Waals surface area contributed by atoms with Gasteiger partial charge < -0.3 is 4.74 Å². The highest BCUT2D eigenvalue weighted by Gasteiger charge is 2.44. The van der Waals surface area contributed by atoms with Crippen molar-refractivity contribution in [3.05, 3.63) is 129 Å². The van der Waals surface area contributed by atoms with Crippen LogP contribution in [0, 0.1) is 0 Å². The first-order chi connectivity index (χ1) is 24.6. The summed E-state index contributed by atoms with van der Waals surface area (Å²) >= 11 is 0. The summed E-state index contributed by atoms with van der Waals surface area (Å²) in [5.41, 5.74) is 16.7. The van der Waals surface area contributed by atoms with Gasteiger partial charge >= 0.3 is 5.97 Å². The number of ether oxygens (including phenoxy) is 1. The molecule has 4 aromatic rings. The Morgan fingerprint density at radius 2 is 1.06 bits per heavy atom. The normalized spacial score (nSPS) is 19.5. The van der Waals surface area contributed by atoms with E-state index < -0.39 is 0 Å². The molecular weight excluding hydrogens is 609 g/mol. The van der Waals surface area contributed by atoms with Gasteiger partial charge in [-0.25, -0.2) is 4.79 Å². The summed E-state index contributed by atoms with van der Waals surface area (Å²) in [6.07, 6.45) is 20.1. The van der Waals surface area contributed by atoms with Crippen molar-refractivity contribution in [3.63, 3.8) is 0 Å². The van der Waals surface area contributed by atoms with Crippen molar-refractivity contribution in [1.29, 1.82) is 0 Å². The number of rotatable bonds is 3. The molecule has 252 valence electrons. The second-order valence-electron chi connectivity index (χ2n) is 15.5. The van der Waals surface area contributed by atoms with Crippen molar-refractivity contribution in [1.82, 2.24) is 0 Å². The largest absolute Gasteiger partial charge is 0.422 e. The first-order valence-electron chi connectivity index (χ1n) is 19.5. The fourth-order valence-electron chi connectivity index (χ4n) is 9.64. The summed E-state index contributed by atoms with van der Waals surface area (Å²) in [6, 6.07) is 25.3. The number of allylic oxidation sites excluding steroid dienone is 6. The summed E-state index contributed by atoms with van der Waals surface area (Å²) in [6.45, 7) is 5.71. The zero-order valence-electron chi connectivity index (χ0n) is 29.7. The van der Waals surface area contributed by atoms with Gasteiger partial charge in [0, 0.05) is 23.1 Å². The van der Waals surface area contributed by atoms with E-state index in [0.29, 0.717) is 5.57 Å². The van der Waals surface area contributed by atoms with Gasteiger partial charge in [-0.2, -0.15) is 0 Å². The minimum Gasteiger partial charge on any atom is -0.422 e. The second-order valence-corrected chi connectivity index (χ2v) is 15.5. The molecule has 0 aliphatic heterocycles. The van der Waals surface area contributed by atoms with Crippen LogP contribution in [-0.2, 0) is 16.0 Å². The van der Waals surface area contributed by atoms with E-state index in [4.69, 9.17) is 4.74 Å². The number of esters is 1. The number of carbonyl (C=O) groups is 1. The fourth-order valence-corrected chi connectivity index (χ4v) is 9.64. The molecule has 0 N–H and O–H groups in total. The maximum absolute atomic E-state index is 13.3. The van der Waals surface area contributed by atoms with Crippen molar-refractivity contribution in [2.24, 2.45) is 0 Å². The molecular formula is C48H48O2.